The first-order valence-electron chi connectivity index (χ1n) is 8.01. The Kier molecular flexibility index (Phi) is 4.70. The molecule has 0 spiro atoms. The Morgan fingerprint density at radius 1 is 0.958 bits per heavy atom. The molecule has 0 amide bonds. The highest BCUT2D eigenvalue weighted by Gasteiger charge is 2.08. The third kappa shape index (κ3) is 3.87. The van der Waals surface area contributed by atoms with Gasteiger partial charge >= 0.3 is 0 Å². The predicted molar refractivity (Wildman–Crippen MR) is 98.1 cm³/mol. The molecule has 5 heteroatoms. The van der Waals surface area contributed by atoms with Crippen LogP contribution in [-0.4, -0.2) is 15.2 Å². The largest absolute Gasteiger partial charge is 0.339 e. The van der Waals surface area contributed by atoms with Crippen LogP contribution in [0.1, 0.15) is 30.9 Å². The Labute approximate surface area is 142 Å². The van der Waals surface area contributed by atoms with Crippen LogP contribution in [0.25, 0.3) is 0 Å². The van der Waals surface area contributed by atoms with Crippen LogP contribution in [0.4, 0.5) is 23.1 Å². The van der Waals surface area contributed by atoms with Crippen molar-refractivity contribution in [1.29, 1.82) is 0 Å². The van der Waals surface area contributed by atoms with Gasteiger partial charge in [-0.15, -0.1) is 5.10 Å². The average Bonchev–Trinajstić information content (AvgIpc) is 2.55. The maximum absolute atomic E-state index is 4.50. The monoisotopic (exact) mass is 319 g/mol. The van der Waals surface area contributed by atoms with Gasteiger partial charge in [-0.25, -0.2) is 0 Å². The maximum atomic E-state index is 4.50. The second-order valence-electron chi connectivity index (χ2n) is 6.03. The number of hydrogen-bond acceptors (Lipinski definition) is 5. The van der Waals surface area contributed by atoms with Gasteiger partial charge in [0.25, 0.3) is 0 Å². The number of nitrogens with zero attached hydrogens (tertiary/aromatic N) is 3. The molecule has 0 bridgehead atoms. The fraction of sp³-hybridized carbons (Fsp3) is 0.211. The van der Waals surface area contributed by atoms with Gasteiger partial charge in [0, 0.05) is 11.4 Å². The van der Waals surface area contributed by atoms with E-state index in [9.17, 15) is 0 Å². The highest BCUT2D eigenvalue weighted by Crippen LogP contribution is 2.26. The second-order valence-corrected chi connectivity index (χ2v) is 6.03. The van der Waals surface area contributed by atoms with Gasteiger partial charge in [0.2, 0.25) is 5.95 Å². The van der Waals surface area contributed by atoms with Crippen LogP contribution in [0, 0.1) is 6.92 Å². The number of anilines is 4. The molecule has 1 aromatic heterocycles. The summed E-state index contributed by atoms with van der Waals surface area (Å²) < 4.78 is 0. The minimum atomic E-state index is 0.412. The molecular weight excluding hydrogens is 298 g/mol. The average molecular weight is 319 g/mol. The van der Waals surface area contributed by atoms with Crippen LogP contribution in [0.5, 0.6) is 0 Å². The van der Waals surface area contributed by atoms with Gasteiger partial charge in [-0.1, -0.05) is 44.2 Å². The molecule has 0 radical (unpaired) electrons. The summed E-state index contributed by atoms with van der Waals surface area (Å²) in [5.41, 5.74) is 4.38. The summed E-state index contributed by atoms with van der Waals surface area (Å²) >= 11 is 0. The zero-order valence-corrected chi connectivity index (χ0v) is 14.1. The fourth-order valence-corrected chi connectivity index (χ4v) is 2.52. The molecule has 0 aliphatic rings. The molecule has 1 heterocycles. The van der Waals surface area contributed by atoms with Crippen LogP contribution < -0.4 is 10.6 Å². The van der Waals surface area contributed by atoms with E-state index in [1.807, 2.05) is 30.3 Å². The molecule has 3 aromatic rings. The van der Waals surface area contributed by atoms with Crippen molar-refractivity contribution in [3.63, 3.8) is 0 Å². The van der Waals surface area contributed by atoms with E-state index >= 15 is 0 Å². The van der Waals surface area contributed by atoms with Crippen molar-refractivity contribution in [2.45, 2.75) is 26.7 Å². The topological polar surface area (TPSA) is 62.7 Å². The highest BCUT2D eigenvalue weighted by molar-refractivity contribution is 5.61. The number of rotatable bonds is 5. The SMILES string of the molecule is Cc1cccc(Nc2cnnc(Nc3ccccc3C(C)C)n2)c1. The fourth-order valence-electron chi connectivity index (χ4n) is 2.52. The van der Waals surface area contributed by atoms with Gasteiger partial charge in [0.05, 0.1) is 6.20 Å². The van der Waals surface area contributed by atoms with Gasteiger partial charge in [-0.05, 0) is 42.2 Å². The van der Waals surface area contributed by atoms with Gasteiger partial charge in [0.1, 0.15) is 0 Å². The lowest BCUT2D eigenvalue weighted by Gasteiger charge is -2.13. The van der Waals surface area contributed by atoms with Crippen molar-refractivity contribution >= 4 is 23.1 Å². The van der Waals surface area contributed by atoms with Crippen molar-refractivity contribution in [1.82, 2.24) is 15.2 Å². The van der Waals surface area contributed by atoms with Crippen molar-refractivity contribution in [3.05, 3.63) is 65.9 Å². The summed E-state index contributed by atoms with van der Waals surface area (Å²) in [5, 5.41) is 14.6. The van der Waals surface area contributed by atoms with Gasteiger partial charge < -0.3 is 10.6 Å². The zero-order chi connectivity index (χ0) is 16.9. The molecule has 0 aliphatic carbocycles. The molecule has 2 N–H and O–H groups in total. The van der Waals surface area contributed by atoms with Crippen molar-refractivity contribution in [2.75, 3.05) is 10.6 Å². The summed E-state index contributed by atoms with van der Waals surface area (Å²) in [6.07, 6.45) is 1.61. The van der Waals surface area contributed by atoms with E-state index in [1.165, 1.54) is 11.1 Å². The number of para-hydroxylation sites is 1. The van der Waals surface area contributed by atoms with Crippen LogP contribution in [0.3, 0.4) is 0 Å². The Bertz CT molecular complexity index is 829. The molecule has 5 nitrogen and oxygen atoms in total. The number of aromatic nitrogens is 3. The Hall–Kier alpha value is -2.95. The van der Waals surface area contributed by atoms with Gasteiger partial charge in [-0.3, -0.25) is 0 Å². The predicted octanol–water partition coefficient (Wildman–Crippen LogP) is 4.79. The van der Waals surface area contributed by atoms with E-state index in [0.29, 0.717) is 17.7 Å². The summed E-state index contributed by atoms with van der Waals surface area (Å²) in [6, 6.07) is 16.3. The van der Waals surface area contributed by atoms with Gasteiger partial charge in [0.15, 0.2) is 5.82 Å². The van der Waals surface area contributed by atoms with Crippen molar-refractivity contribution in [3.8, 4) is 0 Å². The minimum Gasteiger partial charge on any atom is -0.339 e. The molecule has 0 aliphatic heterocycles. The van der Waals surface area contributed by atoms with Crippen molar-refractivity contribution in [2.24, 2.45) is 0 Å². The highest BCUT2D eigenvalue weighted by atomic mass is 15.3. The van der Waals surface area contributed by atoms with Gasteiger partial charge in [-0.2, -0.15) is 10.1 Å². The molecule has 0 fully saturated rings. The van der Waals surface area contributed by atoms with E-state index in [2.05, 4.69) is 64.8 Å². The van der Waals surface area contributed by atoms with E-state index in [-0.39, 0.29) is 0 Å². The minimum absolute atomic E-state index is 0.412. The van der Waals surface area contributed by atoms with E-state index in [0.717, 1.165) is 11.4 Å². The van der Waals surface area contributed by atoms with E-state index < -0.39 is 0 Å². The number of aryl methyl sites for hydroxylation is 1. The molecule has 0 saturated heterocycles. The third-order valence-electron chi connectivity index (χ3n) is 3.68. The maximum Gasteiger partial charge on any atom is 0.249 e. The Morgan fingerprint density at radius 3 is 2.58 bits per heavy atom. The second kappa shape index (κ2) is 7.08. The molecule has 3 rings (SSSR count). The molecule has 122 valence electrons. The third-order valence-corrected chi connectivity index (χ3v) is 3.68. The summed E-state index contributed by atoms with van der Waals surface area (Å²) in [7, 11) is 0. The molecule has 2 aromatic carbocycles. The Balaban J connectivity index is 1.81. The van der Waals surface area contributed by atoms with E-state index in [4.69, 9.17) is 0 Å². The molecule has 0 saturated carbocycles. The summed E-state index contributed by atoms with van der Waals surface area (Å²) in [5.74, 6) is 1.54. The first kappa shape index (κ1) is 15.9. The Morgan fingerprint density at radius 2 is 1.79 bits per heavy atom. The zero-order valence-electron chi connectivity index (χ0n) is 14.1. The summed E-state index contributed by atoms with van der Waals surface area (Å²) in [4.78, 5) is 4.50. The van der Waals surface area contributed by atoms with E-state index in [1.54, 1.807) is 6.20 Å². The quantitative estimate of drug-likeness (QED) is 0.708. The van der Waals surface area contributed by atoms with Crippen LogP contribution in [0.15, 0.2) is 54.7 Å². The molecule has 0 atom stereocenters. The molecule has 0 unspecified atom stereocenters. The number of nitrogens with one attached hydrogen (secondary N) is 2. The molecular formula is C19H21N5. The lowest BCUT2D eigenvalue weighted by molar-refractivity contribution is 0.867. The number of benzene rings is 2. The van der Waals surface area contributed by atoms with Crippen LogP contribution >= 0.6 is 0 Å². The lowest BCUT2D eigenvalue weighted by atomic mass is 10.0. The van der Waals surface area contributed by atoms with Crippen LogP contribution in [-0.2, 0) is 0 Å². The van der Waals surface area contributed by atoms with Crippen molar-refractivity contribution < 1.29 is 0 Å². The number of hydrogen-bond donors (Lipinski definition) is 2. The summed E-state index contributed by atoms with van der Waals surface area (Å²) in [6.45, 7) is 6.38. The smallest absolute Gasteiger partial charge is 0.249 e. The first-order valence-corrected chi connectivity index (χ1v) is 8.01. The lowest BCUT2D eigenvalue weighted by Crippen LogP contribution is -2.04. The van der Waals surface area contributed by atoms with Crippen LogP contribution in [0.2, 0.25) is 0 Å². The standard InChI is InChI=1S/C19H21N5/c1-13(2)16-9-4-5-10-17(16)22-19-23-18(12-20-24-19)21-15-8-6-7-14(3)11-15/h4-13H,1-3H3,(H2,21,22,23,24). The molecule has 24 heavy (non-hydrogen) atoms. The normalized spacial score (nSPS) is 10.7. The first-order chi connectivity index (χ1) is 11.6.